The van der Waals surface area contributed by atoms with Gasteiger partial charge in [0.2, 0.25) is 0 Å². The van der Waals surface area contributed by atoms with Crippen LogP contribution in [-0.2, 0) is 0 Å². The lowest BCUT2D eigenvalue weighted by molar-refractivity contribution is 0.338. The van der Waals surface area contributed by atoms with Gasteiger partial charge in [0.05, 0.1) is 6.61 Å². The Morgan fingerprint density at radius 1 is 1.31 bits per heavy atom. The molecule has 0 atom stereocenters. The quantitative estimate of drug-likeness (QED) is 0.697. The number of rotatable bonds is 7. The van der Waals surface area contributed by atoms with Gasteiger partial charge in [0, 0.05) is 12.2 Å². The zero-order chi connectivity index (χ0) is 11.8. The van der Waals surface area contributed by atoms with E-state index in [1.807, 2.05) is 13.0 Å². The highest BCUT2D eigenvalue weighted by Gasteiger charge is 1.99. The van der Waals surface area contributed by atoms with Crippen LogP contribution in [0.4, 0.5) is 5.69 Å². The summed E-state index contributed by atoms with van der Waals surface area (Å²) >= 11 is 0. The van der Waals surface area contributed by atoms with Crippen LogP contribution in [0.2, 0.25) is 0 Å². The standard InChI is InChI=1S/C13H22N2O/c1-3-16-13-7-6-12(10-11(13)2)15-9-5-4-8-14/h6-7,10,15H,3-5,8-9,14H2,1-2H3. The summed E-state index contributed by atoms with van der Waals surface area (Å²) in [6, 6.07) is 6.19. The summed E-state index contributed by atoms with van der Waals surface area (Å²) in [7, 11) is 0. The molecule has 1 rings (SSSR count). The first-order valence-electron chi connectivity index (χ1n) is 5.95. The average Bonchev–Trinajstić information content (AvgIpc) is 2.28. The summed E-state index contributed by atoms with van der Waals surface area (Å²) in [5, 5.41) is 3.38. The van der Waals surface area contributed by atoms with Crippen molar-refractivity contribution in [3.63, 3.8) is 0 Å². The molecule has 0 aliphatic heterocycles. The van der Waals surface area contributed by atoms with E-state index in [1.54, 1.807) is 0 Å². The molecular formula is C13H22N2O. The van der Waals surface area contributed by atoms with E-state index >= 15 is 0 Å². The Bertz CT molecular complexity index is 313. The Morgan fingerprint density at radius 2 is 2.12 bits per heavy atom. The molecule has 90 valence electrons. The molecule has 0 unspecified atom stereocenters. The topological polar surface area (TPSA) is 47.3 Å². The minimum absolute atomic E-state index is 0.712. The molecule has 0 aliphatic carbocycles. The molecular weight excluding hydrogens is 200 g/mol. The maximum atomic E-state index is 5.49. The molecule has 0 heterocycles. The largest absolute Gasteiger partial charge is 0.494 e. The molecule has 3 N–H and O–H groups in total. The highest BCUT2D eigenvalue weighted by Crippen LogP contribution is 2.21. The summed E-state index contributed by atoms with van der Waals surface area (Å²) in [4.78, 5) is 0. The molecule has 0 saturated carbocycles. The number of benzene rings is 1. The molecule has 0 aromatic heterocycles. The van der Waals surface area contributed by atoms with Crippen molar-refractivity contribution in [2.24, 2.45) is 5.73 Å². The lowest BCUT2D eigenvalue weighted by Gasteiger charge is -2.10. The fourth-order valence-corrected chi connectivity index (χ4v) is 1.58. The SMILES string of the molecule is CCOc1ccc(NCCCCN)cc1C. The molecule has 0 spiro atoms. The van der Waals surface area contributed by atoms with Crippen LogP contribution in [0.15, 0.2) is 18.2 Å². The molecule has 16 heavy (non-hydrogen) atoms. The highest BCUT2D eigenvalue weighted by molar-refractivity contribution is 5.50. The molecule has 0 saturated heterocycles. The second kappa shape index (κ2) is 7.12. The van der Waals surface area contributed by atoms with Crippen LogP contribution in [-0.4, -0.2) is 19.7 Å². The van der Waals surface area contributed by atoms with Crippen LogP contribution in [0, 0.1) is 6.92 Å². The number of anilines is 1. The van der Waals surface area contributed by atoms with Gasteiger partial charge in [0.25, 0.3) is 0 Å². The third-order valence-electron chi connectivity index (χ3n) is 2.43. The van der Waals surface area contributed by atoms with Crippen LogP contribution >= 0.6 is 0 Å². The van der Waals surface area contributed by atoms with E-state index in [-0.39, 0.29) is 0 Å². The average molecular weight is 222 g/mol. The first-order valence-corrected chi connectivity index (χ1v) is 5.95. The molecule has 0 radical (unpaired) electrons. The van der Waals surface area contributed by atoms with E-state index in [9.17, 15) is 0 Å². The molecule has 1 aromatic carbocycles. The van der Waals surface area contributed by atoms with Crippen molar-refractivity contribution < 1.29 is 4.74 Å². The van der Waals surface area contributed by atoms with Crippen LogP contribution < -0.4 is 15.8 Å². The molecule has 3 nitrogen and oxygen atoms in total. The van der Waals surface area contributed by atoms with Crippen molar-refractivity contribution in [1.82, 2.24) is 0 Å². The smallest absolute Gasteiger partial charge is 0.122 e. The Morgan fingerprint density at radius 3 is 2.75 bits per heavy atom. The summed E-state index contributed by atoms with van der Waals surface area (Å²) < 4.78 is 5.49. The second-order valence-electron chi connectivity index (χ2n) is 3.84. The van der Waals surface area contributed by atoms with Gasteiger partial charge in [-0.15, -0.1) is 0 Å². The van der Waals surface area contributed by atoms with E-state index in [4.69, 9.17) is 10.5 Å². The highest BCUT2D eigenvalue weighted by atomic mass is 16.5. The molecule has 0 amide bonds. The van der Waals surface area contributed by atoms with Crippen LogP contribution in [0.3, 0.4) is 0 Å². The van der Waals surface area contributed by atoms with Gasteiger partial charge in [-0.25, -0.2) is 0 Å². The lowest BCUT2D eigenvalue weighted by Crippen LogP contribution is -2.05. The Labute approximate surface area is 98.0 Å². The van der Waals surface area contributed by atoms with Crippen molar-refractivity contribution in [2.45, 2.75) is 26.7 Å². The number of hydrogen-bond donors (Lipinski definition) is 2. The predicted octanol–water partition coefficient (Wildman–Crippen LogP) is 2.54. The Kier molecular flexibility index (Phi) is 5.72. The van der Waals surface area contributed by atoms with Crippen molar-refractivity contribution in [2.75, 3.05) is 25.0 Å². The zero-order valence-corrected chi connectivity index (χ0v) is 10.3. The van der Waals surface area contributed by atoms with Gasteiger partial charge in [-0.2, -0.15) is 0 Å². The summed E-state index contributed by atoms with van der Waals surface area (Å²) in [6.45, 7) is 6.52. The molecule has 1 aromatic rings. The summed E-state index contributed by atoms with van der Waals surface area (Å²) in [5.74, 6) is 0.968. The van der Waals surface area contributed by atoms with Gasteiger partial charge in [0.15, 0.2) is 0 Å². The summed E-state index contributed by atoms with van der Waals surface area (Å²) in [6.07, 6.45) is 2.19. The first kappa shape index (κ1) is 12.8. The van der Waals surface area contributed by atoms with Gasteiger partial charge >= 0.3 is 0 Å². The molecule has 0 bridgehead atoms. The third-order valence-corrected chi connectivity index (χ3v) is 2.43. The van der Waals surface area contributed by atoms with Crippen molar-refractivity contribution in [3.05, 3.63) is 23.8 Å². The van der Waals surface area contributed by atoms with Crippen molar-refractivity contribution in [1.29, 1.82) is 0 Å². The monoisotopic (exact) mass is 222 g/mol. The van der Waals surface area contributed by atoms with Crippen LogP contribution in [0.5, 0.6) is 5.75 Å². The van der Waals surface area contributed by atoms with Crippen molar-refractivity contribution in [3.8, 4) is 5.75 Å². The maximum Gasteiger partial charge on any atom is 0.122 e. The van der Waals surface area contributed by atoms with Crippen LogP contribution in [0.1, 0.15) is 25.3 Å². The van der Waals surface area contributed by atoms with Gasteiger partial charge in [-0.3, -0.25) is 0 Å². The zero-order valence-electron chi connectivity index (χ0n) is 10.3. The van der Waals surface area contributed by atoms with E-state index < -0.39 is 0 Å². The van der Waals surface area contributed by atoms with Gasteiger partial charge in [-0.1, -0.05) is 0 Å². The Hall–Kier alpha value is -1.22. The van der Waals surface area contributed by atoms with E-state index in [2.05, 4.69) is 24.4 Å². The molecule has 0 aliphatic rings. The second-order valence-corrected chi connectivity index (χ2v) is 3.84. The molecule has 0 fully saturated rings. The third kappa shape index (κ3) is 4.11. The van der Waals surface area contributed by atoms with Crippen molar-refractivity contribution >= 4 is 5.69 Å². The normalized spacial score (nSPS) is 10.2. The Balaban J connectivity index is 2.46. The number of hydrogen-bond acceptors (Lipinski definition) is 3. The number of nitrogens with two attached hydrogens (primary N) is 1. The number of ether oxygens (including phenoxy) is 1. The van der Waals surface area contributed by atoms with E-state index in [1.165, 1.54) is 5.56 Å². The number of unbranched alkanes of at least 4 members (excludes halogenated alkanes) is 1. The first-order chi connectivity index (χ1) is 7.77. The predicted molar refractivity (Wildman–Crippen MR) is 69.1 cm³/mol. The maximum absolute atomic E-state index is 5.49. The molecule has 3 heteroatoms. The fourth-order valence-electron chi connectivity index (χ4n) is 1.58. The fraction of sp³-hybridized carbons (Fsp3) is 0.538. The van der Waals surface area contributed by atoms with Crippen LogP contribution in [0.25, 0.3) is 0 Å². The van der Waals surface area contributed by atoms with Gasteiger partial charge in [0.1, 0.15) is 5.75 Å². The van der Waals surface area contributed by atoms with Gasteiger partial charge in [-0.05, 0) is 57.0 Å². The summed E-state index contributed by atoms with van der Waals surface area (Å²) in [5.41, 5.74) is 7.76. The minimum Gasteiger partial charge on any atom is -0.494 e. The number of aryl methyl sites for hydroxylation is 1. The number of nitrogens with one attached hydrogen (secondary N) is 1. The minimum atomic E-state index is 0.712. The lowest BCUT2D eigenvalue weighted by atomic mass is 10.2. The van der Waals surface area contributed by atoms with Gasteiger partial charge < -0.3 is 15.8 Å². The van der Waals surface area contributed by atoms with E-state index in [0.717, 1.165) is 37.4 Å². The van der Waals surface area contributed by atoms with E-state index in [0.29, 0.717) is 6.61 Å².